The molecule has 3 nitrogen and oxygen atoms in total. The van der Waals surface area contributed by atoms with Crippen molar-refractivity contribution >= 4 is 44.0 Å². The molecular formula is C21H20Cl2FeN2O. The standard InChI is InChI=1S/C21H20N2O.2ClH.Fe/c1-16(2)17-8-10-19(11-9-17)23-15-21-13-12-20(24-21)14-22-18-6-4-3-5-7-18;;;/h3-16H,1-2H3;2*1H;/q;;;+2/p-2. The minimum absolute atomic E-state index is 0.194. The van der Waals surface area contributed by atoms with Crippen LogP contribution in [0.15, 0.2) is 81.1 Å². The van der Waals surface area contributed by atoms with E-state index in [2.05, 4.69) is 36.0 Å². The van der Waals surface area contributed by atoms with E-state index in [1.807, 2.05) is 54.6 Å². The summed E-state index contributed by atoms with van der Waals surface area (Å²) in [6.07, 6.45) is 3.44. The molecule has 0 atom stereocenters. The van der Waals surface area contributed by atoms with Crippen molar-refractivity contribution in [3.05, 3.63) is 83.8 Å². The molecule has 0 aliphatic carbocycles. The van der Waals surface area contributed by atoms with Gasteiger partial charge in [0.1, 0.15) is 11.5 Å². The fraction of sp³-hybridized carbons (Fsp3) is 0.143. The van der Waals surface area contributed by atoms with Crippen LogP contribution in [0.1, 0.15) is 36.8 Å². The normalized spacial score (nSPS) is 11.3. The molecule has 3 aromatic rings. The van der Waals surface area contributed by atoms with Crippen molar-refractivity contribution in [1.82, 2.24) is 0 Å². The van der Waals surface area contributed by atoms with Gasteiger partial charge in [0.15, 0.2) is 0 Å². The van der Waals surface area contributed by atoms with E-state index in [1.165, 1.54) is 5.56 Å². The molecule has 0 spiro atoms. The van der Waals surface area contributed by atoms with E-state index in [1.54, 1.807) is 12.4 Å². The maximum atomic E-state index is 5.69. The molecule has 1 aromatic heterocycles. The first-order valence-electron chi connectivity index (χ1n) is 8.30. The Bertz CT molecular complexity index is 859. The van der Waals surface area contributed by atoms with Crippen LogP contribution in [0.25, 0.3) is 0 Å². The molecule has 3 rings (SSSR count). The van der Waals surface area contributed by atoms with Crippen LogP contribution in [0.3, 0.4) is 0 Å². The summed E-state index contributed by atoms with van der Waals surface area (Å²) in [5.74, 6) is 1.94. The van der Waals surface area contributed by atoms with Gasteiger partial charge in [-0.2, -0.15) is 0 Å². The number of furan rings is 1. The second-order valence-corrected chi connectivity index (χ2v) is 7.71. The summed E-state index contributed by atoms with van der Waals surface area (Å²) < 4.78 is 5.69. The number of benzene rings is 2. The second kappa shape index (κ2) is 11.8. The van der Waals surface area contributed by atoms with Crippen LogP contribution in [0, 0.1) is 0 Å². The van der Waals surface area contributed by atoms with Crippen molar-refractivity contribution in [2.75, 3.05) is 0 Å². The maximum absolute atomic E-state index is 5.69. The van der Waals surface area contributed by atoms with Crippen LogP contribution in [0.4, 0.5) is 11.4 Å². The van der Waals surface area contributed by atoms with E-state index in [0.717, 1.165) is 11.4 Å². The Morgan fingerprint density at radius 2 is 1.26 bits per heavy atom. The van der Waals surface area contributed by atoms with E-state index in [4.69, 9.17) is 24.6 Å². The Kier molecular flexibility index (Phi) is 9.37. The predicted molar refractivity (Wildman–Crippen MR) is 112 cm³/mol. The molecular weight excluding hydrogens is 423 g/mol. The van der Waals surface area contributed by atoms with Crippen molar-refractivity contribution in [2.24, 2.45) is 9.98 Å². The van der Waals surface area contributed by atoms with E-state index in [-0.39, 0.29) is 13.1 Å². The molecule has 0 bridgehead atoms. The average Bonchev–Trinajstić information content (AvgIpc) is 3.14. The number of hydrogen-bond acceptors (Lipinski definition) is 3. The Hall–Kier alpha value is -1.84. The number of hydrogen-bond donors (Lipinski definition) is 0. The minimum atomic E-state index is 0.194. The van der Waals surface area contributed by atoms with Gasteiger partial charge in [-0.1, -0.05) is 44.2 Å². The first-order chi connectivity index (χ1) is 13.1. The van der Waals surface area contributed by atoms with Crippen LogP contribution < -0.4 is 0 Å². The Morgan fingerprint density at radius 3 is 1.74 bits per heavy atom. The van der Waals surface area contributed by atoms with Gasteiger partial charge in [0, 0.05) is 0 Å². The summed E-state index contributed by atoms with van der Waals surface area (Å²) >= 11 is 0.194. The van der Waals surface area contributed by atoms with Gasteiger partial charge in [-0.05, 0) is 47.9 Å². The van der Waals surface area contributed by atoms with Crippen LogP contribution in [0.2, 0.25) is 0 Å². The van der Waals surface area contributed by atoms with Crippen molar-refractivity contribution < 1.29 is 17.6 Å². The number of rotatable bonds is 5. The molecule has 0 fully saturated rings. The fourth-order valence-corrected chi connectivity index (χ4v) is 2.24. The molecule has 27 heavy (non-hydrogen) atoms. The topological polar surface area (TPSA) is 37.9 Å². The molecule has 0 aliphatic heterocycles. The van der Waals surface area contributed by atoms with E-state index < -0.39 is 0 Å². The Balaban J connectivity index is 0.000000817. The molecule has 0 saturated carbocycles. The number of aliphatic imine (C=N–C) groups is 2. The summed E-state index contributed by atoms with van der Waals surface area (Å²) in [7, 11) is 9.53. The van der Waals surface area contributed by atoms with Gasteiger partial charge in [-0.3, -0.25) is 9.98 Å². The summed E-state index contributed by atoms with van der Waals surface area (Å²) in [4.78, 5) is 8.82. The van der Waals surface area contributed by atoms with Gasteiger partial charge in [0.25, 0.3) is 0 Å². The quantitative estimate of drug-likeness (QED) is 0.302. The summed E-state index contributed by atoms with van der Waals surface area (Å²) in [5.41, 5.74) is 3.12. The molecule has 142 valence electrons. The molecule has 0 N–H and O–H groups in total. The fourth-order valence-electron chi connectivity index (χ4n) is 2.24. The Labute approximate surface area is 174 Å². The number of nitrogens with zero attached hydrogens (tertiary/aromatic N) is 2. The van der Waals surface area contributed by atoms with Crippen molar-refractivity contribution in [1.29, 1.82) is 0 Å². The van der Waals surface area contributed by atoms with Crippen molar-refractivity contribution in [3.63, 3.8) is 0 Å². The van der Waals surface area contributed by atoms with Crippen LogP contribution in [-0.2, 0) is 13.1 Å². The SMILES string of the molecule is CC(C)c1ccc(N=Cc2ccc(C=Nc3ccccc3)o2)cc1.[Cl][Fe][Cl]. The third-order valence-electron chi connectivity index (χ3n) is 3.65. The molecule has 0 amide bonds. The van der Waals surface area contributed by atoms with Gasteiger partial charge in [0.05, 0.1) is 23.8 Å². The van der Waals surface area contributed by atoms with Crippen LogP contribution >= 0.6 is 20.2 Å². The zero-order chi connectivity index (χ0) is 19.5. The first kappa shape index (κ1) is 21.5. The number of para-hydroxylation sites is 1. The number of halogens is 2. The molecule has 6 heteroatoms. The van der Waals surface area contributed by atoms with Crippen molar-refractivity contribution in [2.45, 2.75) is 19.8 Å². The predicted octanol–water partition coefficient (Wildman–Crippen LogP) is 7.28. The average molecular weight is 443 g/mol. The molecule has 2 aromatic carbocycles. The molecule has 1 heterocycles. The molecule has 0 unspecified atom stereocenters. The third kappa shape index (κ3) is 7.74. The van der Waals surface area contributed by atoms with E-state index >= 15 is 0 Å². The Morgan fingerprint density at radius 1 is 0.778 bits per heavy atom. The van der Waals surface area contributed by atoms with Gasteiger partial charge >= 0.3 is 33.3 Å². The van der Waals surface area contributed by atoms with Gasteiger partial charge in [0.2, 0.25) is 0 Å². The third-order valence-corrected chi connectivity index (χ3v) is 3.65. The van der Waals surface area contributed by atoms with Crippen LogP contribution in [-0.4, -0.2) is 12.4 Å². The zero-order valence-electron chi connectivity index (χ0n) is 15.0. The molecule has 0 saturated heterocycles. The second-order valence-electron chi connectivity index (χ2n) is 5.89. The van der Waals surface area contributed by atoms with Gasteiger partial charge in [-0.15, -0.1) is 0 Å². The van der Waals surface area contributed by atoms with E-state index in [9.17, 15) is 0 Å². The van der Waals surface area contributed by atoms with Gasteiger partial charge in [-0.25, -0.2) is 0 Å². The summed E-state index contributed by atoms with van der Waals surface area (Å²) in [5, 5.41) is 0. The van der Waals surface area contributed by atoms with E-state index in [0.29, 0.717) is 17.4 Å². The summed E-state index contributed by atoms with van der Waals surface area (Å²) in [6.45, 7) is 4.36. The summed E-state index contributed by atoms with van der Waals surface area (Å²) in [6, 6.07) is 21.8. The molecule has 0 radical (unpaired) electrons. The van der Waals surface area contributed by atoms with Gasteiger partial charge < -0.3 is 4.42 Å². The monoisotopic (exact) mass is 442 g/mol. The molecule has 0 aliphatic rings. The zero-order valence-corrected chi connectivity index (χ0v) is 17.6. The first-order valence-corrected chi connectivity index (χ1v) is 11.3. The van der Waals surface area contributed by atoms with Crippen molar-refractivity contribution in [3.8, 4) is 0 Å². The van der Waals surface area contributed by atoms with Crippen LogP contribution in [0.5, 0.6) is 0 Å².